The van der Waals surface area contributed by atoms with Gasteiger partial charge in [-0.1, -0.05) is 0 Å². The van der Waals surface area contributed by atoms with Crippen molar-refractivity contribution in [3.05, 3.63) is 0 Å². The van der Waals surface area contributed by atoms with Gasteiger partial charge in [-0.3, -0.25) is 15.0 Å². The molecule has 1 fully saturated rings. The van der Waals surface area contributed by atoms with E-state index in [1.807, 2.05) is 0 Å². The lowest BCUT2D eigenvalue weighted by Gasteiger charge is -2.40. The highest BCUT2D eigenvalue weighted by Crippen LogP contribution is 2.40. The van der Waals surface area contributed by atoms with Gasteiger partial charge in [-0.25, -0.2) is 0 Å². The maximum Gasteiger partial charge on any atom is 0.239 e. The average Bonchev–Trinajstić information content (AvgIpc) is 3.16. The number of amides is 1. The van der Waals surface area contributed by atoms with Crippen LogP contribution in [0.15, 0.2) is 0 Å². The molecule has 3 N–H and O–H groups in total. The predicted molar refractivity (Wildman–Crippen MR) is 81.5 cm³/mol. The molecule has 1 amide bonds. The minimum absolute atomic E-state index is 0.225. The van der Waals surface area contributed by atoms with Crippen molar-refractivity contribution in [2.24, 2.45) is 11.7 Å². The molecule has 0 aliphatic heterocycles. The Balaban J connectivity index is 2.88. The quantitative estimate of drug-likeness (QED) is 0.628. The first kappa shape index (κ1) is 17.4. The van der Waals surface area contributed by atoms with E-state index >= 15 is 0 Å². The molecule has 1 aliphatic rings. The van der Waals surface area contributed by atoms with Gasteiger partial charge in [-0.15, -0.1) is 0 Å². The van der Waals surface area contributed by atoms with Crippen molar-refractivity contribution >= 4 is 5.91 Å². The predicted octanol–water partition coefficient (Wildman–Crippen LogP) is 0.975. The Bertz CT molecular complexity index is 316. The van der Waals surface area contributed by atoms with Crippen molar-refractivity contribution in [2.45, 2.75) is 58.2 Å². The third-order valence-corrected chi connectivity index (χ3v) is 4.03. The van der Waals surface area contributed by atoms with E-state index in [1.54, 1.807) is 7.11 Å². The summed E-state index contributed by atoms with van der Waals surface area (Å²) in [6.45, 7) is 10.6. The van der Waals surface area contributed by atoms with E-state index in [1.165, 1.54) is 0 Å². The van der Waals surface area contributed by atoms with Crippen LogP contribution in [0.2, 0.25) is 0 Å². The van der Waals surface area contributed by atoms with E-state index < -0.39 is 5.54 Å². The Morgan fingerprint density at radius 2 is 2.00 bits per heavy atom. The lowest BCUT2D eigenvalue weighted by Crippen LogP contribution is -2.65. The summed E-state index contributed by atoms with van der Waals surface area (Å²) in [6.07, 6.45) is 2.16. The van der Waals surface area contributed by atoms with Crippen molar-refractivity contribution < 1.29 is 9.53 Å². The summed E-state index contributed by atoms with van der Waals surface area (Å²) in [7, 11) is 1.70. The molecular weight excluding hydrogens is 254 g/mol. The fraction of sp³-hybridized carbons (Fsp3) is 0.933. The molecule has 1 saturated carbocycles. The van der Waals surface area contributed by atoms with Gasteiger partial charge < -0.3 is 10.5 Å². The van der Waals surface area contributed by atoms with Crippen LogP contribution in [-0.4, -0.2) is 55.2 Å². The largest absolute Gasteiger partial charge is 0.383 e. The summed E-state index contributed by atoms with van der Waals surface area (Å²) in [4.78, 5) is 14.5. The van der Waals surface area contributed by atoms with Gasteiger partial charge in [0.25, 0.3) is 0 Å². The van der Waals surface area contributed by atoms with Crippen LogP contribution in [0.3, 0.4) is 0 Å². The summed E-state index contributed by atoms with van der Waals surface area (Å²) in [5.41, 5.74) is 5.17. The van der Waals surface area contributed by atoms with E-state index in [-0.39, 0.29) is 11.9 Å². The van der Waals surface area contributed by atoms with Gasteiger partial charge in [0.1, 0.15) is 5.54 Å². The first-order valence-electron chi connectivity index (χ1n) is 7.64. The zero-order valence-electron chi connectivity index (χ0n) is 13.6. The molecule has 1 aliphatic carbocycles. The highest BCUT2D eigenvalue weighted by atomic mass is 16.5. The van der Waals surface area contributed by atoms with E-state index in [2.05, 4.69) is 37.9 Å². The monoisotopic (exact) mass is 285 g/mol. The SMILES string of the molecule is COCCN(CC(NC(C)C)(C(N)=O)C1CC1)C(C)C. The van der Waals surface area contributed by atoms with Crippen molar-refractivity contribution in [3.63, 3.8) is 0 Å². The van der Waals surface area contributed by atoms with Crippen LogP contribution in [0, 0.1) is 5.92 Å². The van der Waals surface area contributed by atoms with Gasteiger partial charge >= 0.3 is 0 Å². The molecule has 0 heterocycles. The fourth-order valence-electron chi connectivity index (χ4n) is 2.78. The van der Waals surface area contributed by atoms with Crippen LogP contribution < -0.4 is 11.1 Å². The molecule has 5 nitrogen and oxygen atoms in total. The lowest BCUT2D eigenvalue weighted by atomic mass is 9.89. The summed E-state index contributed by atoms with van der Waals surface area (Å²) < 4.78 is 5.18. The van der Waals surface area contributed by atoms with E-state index in [4.69, 9.17) is 10.5 Å². The molecule has 0 aromatic carbocycles. The second-order valence-electron chi connectivity index (χ2n) is 6.47. The minimum atomic E-state index is -0.605. The zero-order chi connectivity index (χ0) is 15.3. The summed E-state index contributed by atoms with van der Waals surface area (Å²) in [6, 6.07) is 0.594. The van der Waals surface area contributed by atoms with Crippen LogP contribution in [0.5, 0.6) is 0 Å². The Hall–Kier alpha value is -0.650. The van der Waals surface area contributed by atoms with Gasteiger partial charge in [0.05, 0.1) is 6.61 Å². The maximum atomic E-state index is 12.2. The van der Waals surface area contributed by atoms with Gasteiger partial charge in [0.15, 0.2) is 0 Å². The van der Waals surface area contributed by atoms with Gasteiger partial charge in [0.2, 0.25) is 5.91 Å². The number of carbonyl (C=O) groups excluding carboxylic acids is 1. The van der Waals surface area contributed by atoms with Crippen molar-refractivity contribution in [1.82, 2.24) is 10.2 Å². The maximum absolute atomic E-state index is 12.2. The first-order valence-corrected chi connectivity index (χ1v) is 7.64. The Kier molecular flexibility index (Phi) is 6.43. The molecule has 1 unspecified atom stereocenters. The highest BCUT2D eigenvalue weighted by molar-refractivity contribution is 5.86. The highest BCUT2D eigenvalue weighted by Gasteiger charge is 2.51. The third-order valence-electron chi connectivity index (χ3n) is 4.03. The molecule has 0 radical (unpaired) electrons. The molecule has 0 saturated heterocycles. The number of nitrogens with one attached hydrogen (secondary N) is 1. The van der Waals surface area contributed by atoms with Crippen molar-refractivity contribution in [3.8, 4) is 0 Å². The first-order chi connectivity index (χ1) is 9.33. The number of hydrogen-bond acceptors (Lipinski definition) is 4. The molecule has 0 aromatic rings. The molecule has 118 valence electrons. The van der Waals surface area contributed by atoms with Gasteiger partial charge in [-0.2, -0.15) is 0 Å². The minimum Gasteiger partial charge on any atom is -0.383 e. The topological polar surface area (TPSA) is 67.6 Å². The van der Waals surface area contributed by atoms with Crippen LogP contribution >= 0.6 is 0 Å². The Morgan fingerprint density at radius 3 is 2.35 bits per heavy atom. The molecular formula is C15H31N3O2. The van der Waals surface area contributed by atoms with Crippen LogP contribution in [-0.2, 0) is 9.53 Å². The Labute approximate surface area is 123 Å². The number of hydrogen-bond donors (Lipinski definition) is 2. The van der Waals surface area contributed by atoms with E-state index in [0.717, 1.165) is 19.4 Å². The molecule has 0 aromatic heterocycles. The third kappa shape index (κ3) is 4.43. The molecule has 1 atom stereocenters. The van der Waals surface area contributed by atoms with E-state index in [9.17, 15) is 4.79 Å². The number of primary amides is 1. The normalized spacial score (nSPS) is 18.8. The number of rotatable bonds is 10. The average molecular weight is 285 g/mol. The second kappa shape index (κ2) is 7.38. The van der Waals surface area contributed by atoms with Crippen LogP contribution in [0.4, 0.5) is 0 Å². The van der Waals surface area contributed by atoms with Crippen LogP contribution in [0.25, 0.3) is 0 Å². The molecule has 1 rings (SSSR count). The van der Waals surface area contributed by atoms with Crippen LogP contribution in [0.1, 0.15) is 40.5 Å². The van der Waals surface area contributed by atoms with Gasteiger partial charge in [0, 0.05) is 32.3 Å². The standard InChI is InChI=1S/C15H31N3O2/c1-11(2)17-15(14(16)19,13-6-7-13)10-18(12(3)4)8-9-20-5/h11-13,17H,6-10H2,1-5H3,(H2,16,19). The zero-order valence-corrected chi connectivity index (χ0v) is 13.6. The lowest BCUT2D eigenvalue weighted by molar-refractivity contribution is -0.127. The molecule has 0 spiro atoms. The number of carbonyl (C=O) groups is 1. The Morgan fingerprint density at radius 1 is 1.40 bits per heavy atom. The fourth-order valence-corrected chi connectivity index (χ4v) is 2.78. The molecule has 20 heavy (non-hydrogen) atoms. The molecule has 0 bridgehead atoms. The van der Waals surface area contributed by atoms with E-state index in [0.29, 0.717) is 25.1 Å². The number of nitrogens with two attached hydrogens (primary N) is 1. The van der Waals surface area contributed by atoms with Crippen molar-refractivity contribution in [2.75, 3.05) is 26.8 Å². The summed E-state index contributed by atoms with van der Waals surface area (Å²) in [5, 5.41) is 3.46. The smallest absolute Gasteiger partial charge is 0.239 e. The van der Waals surface area contributed by atoms with Gasteiger partial charge in [-0.05, 0) is 46.5 Å². The van der Waals surface area contributed by atoms with Crippen molar-refractivity contribution in [1.29, 1.82) is 0 Å². The second-order valence-corrected chi connectivity index (χ2v) is 6.47. The number of nitrogens with zero attached hydrogens (tertiary/aromatic N) is 1. The molecule has 5 heteroatoms. The summed E-state index contributed by atoms with van der Waals surface area (Å²) in [5.74, 6) is 0.142. The summed E-state index contributed by atoms with van der Waals surface area (Å²) >= 11 is 0. The number of methoxy groups -OCH3 is 1. The number of ether oxygens (including phenoxy) is 1.